The second-order valence-electron chi connectivity index (χ2n) is 5.45. The second-order valence-corrected chi connectivity index (χ2v) is 6.91. The first-order valence-electron chi connectivity index (χ1n) is 7.70. The van der Waals surface area contributed by atoms with E-state index in [-0.39, 0.29) is 10.9 Å². The summed E-state index contributed by atoms with van der Waals surface area (Å²) in [5, 5.41) is 9.14. The van der Waals surface area contributed by atoms with E-state index in [1.165, 1.54) is 42.4 Å². The van der Waals surface area contributed by atoms with E-state index in [1.54, 1.807) is 13.1 Å². The molecule has 2 aromatic heterocycles. The monoisotopic (exact) mass is 373 g/mol. The van der Waals surface area contributed by atoms with Crippen molar-refractivity contribution in [2.75, 3.05) is 7.05 Å². The van der Waals surface area contributed by atoms with E-state index in [1.807, 2.05) is 13.0 Å². The van der Waals surface area contributed by atoms with Crippen LogP contribution in [0.25, 0.3) is 11.9 Å². The van der Waals surface area contributed by atoms with Gasteiger partial charge in [-0.25, -0.2) is 9.37 Å². The molecule has 0 aliphatic heterocycles. The molecule has 0 aliphatic carbocycles. The lowest BCUT2D eigenvalue weighted by molar-refractivity contribution is 0.565. The summed E-state index contributed by atoms with van der Waals surface area (Å²) in [4.78, 5) is 11.4. The van der Waals surface area contributed by atoms with Crippen molar-refractivity contribution in [1.82, 2.24) is 9.97 Å². The number of rotatable bonds is 5. The highest BCUT2D eigenvalue weighted by atomic mass is 32.2. The molecule has 0 aromatic carbocycles. The molecule has 0 saturated heterocycles. The molecular weight excluding hydrogens is 356 g/mol. The van der Waals surface area contributed by atoms with E-state index in [0.29, 0.717) is 28.3 Å². The van der Waals surface area contributed by atoms with Crippen molar-refractivity contribution in [1.29, 1.82) is 5.26 Å². The maximum atomic E-state index is 14.3. The minimum Gasteiger partial charge on any atom is -0.379 e. The van der Waals surface area contributed by atoms with E-state index >= 15 is 0 Å². The van der Waals surface area contributed by atoms with Gasteiger partial charge in [0, 0.05) is 30.3 Å². The minimum atomic E-state index is -0.599. The first kappa shape index (κ1) is 19.5. The first-order valence-corrected chi connectivity index (χ1v) is 8.58. The highest BCUT2D eigenvalue weighted by Gasteiger charge is 2.12. The molecule has 5 nitrogen and oxygen atoms in total. The smallest absolute Gasteiger partial charge is 0.216 e. The quantitative estimate of drug-likeness (QED) is 0.492. The average Bonchev–Trinajstić information content (AvgIpc) is 2.64. The topological polar surface area (TPSA) is 88.0 Å². The van der Waals surface area contributed by atoms with Crippen molar-refractivity contribution >= 4 is 28.8 Å². The number of nitriles is 1. The van der Waals surface area contributed by atoms with Crippen LogP contribution in [0.4, 0.5) is 8.78 Å². The van der Waals surface area contributed by atoms with Crippen LogP contribution in [0.1, 0.15) is 29.3 Å². The fourth-order valence-corrected chi connectivity index (χ4v) is 2.95. The first-order chi connectivity index (χ1) is 12.4. The number of halogens is 2. The molecule has 0 fully saturated rings. The molecule has 8 heteroatoms. The maximum Gasteiger partial charge on any atom is 0.216 e. The highest BCUT2D eigenvalue weighted by Crippen LogP contribution is 2.21. The molecule has 1 atom stereocenters. The lowest BCUT2D eigenvalue weighted by Gasteiger charge is -2.11. The summed E-state index contributed by atoms with van der Waals surface area (Å²) in [6.07, 6.45) is 4.14. The summed E-state index contributed by atoms with van der Waals surface area (Å²) in [7, 11) is 1.59. The molecule has 26 heavy (non-hydrogen) atoms. The van der Waals surface area contributed by atoms with Crippen LogP contribution in [-0.2, 0) is 6.42 Å². The molecule has 0 spiro atoms. The Bertz CT molecular complexity index is 872. The predicted octanol–water partition coefficient (Wildman–Crippen LogP) is 3.56. The molecule has 0 radical (unpaired) electrons. The third kappa shape index (κ3) is 5.36. The summed E-state index contributed by atoms with van der Waals surface area (Å²) < 4.78 is 28.3. The van der Waals surface area contributed by atoms with Crippen molar-refractivity contribution in [3.63, 3.8) is 0 Å². The molecule has 2 heterocycles. The van der Waals surface area contributed by atoms with Crippen LogP contribution in [0.2, 0.25) is 0 Å². The van der Waals surface area contributed by atoms with Gasteiger partial charge in [-0.05, 0) is 36.3 Å². The third-order valence-electron chi connectivity index (χ3n) is 3.41. The molecule has 0 aliphatic rings. The van der Waals surface area contributed by atoms with Crippen LogP contribution in [0.3, 0.4) is 0 Å². The molecular formula is C18H17F2N5S. The highest BCUT2D eigenvalue weighted by molar-refractivity contribution is 8.14. The van der Waals surface area contributed by atoms with Gasteiger partial charge in [0.15, 0.2) is 5.17 Å². The van der Waals surface area contributed by atoms with E-state index in [4.69, 9.17) is 11.0 Å². The Morgan fingerprint density at radius 3 is 2.81 bits per heavy atom. The second kappa shape index (κ2) is 9.06. The number of nitrogens with two attached hydrogens (primary N) is 1. The molecule has 0 amide bonds. The van der Waals surface area contributed by atoms with Crippen molar-refractivity contribution in [2.45, 2.75) is 18.6 Å². The normalized spacial score (nSPS) is 13.3. The summed E-state index contributed by atoms with van der Waals surface area (Å²) >= 11 is 1.33. The van der Waals surface area contributed by atoms with Gasteiger partial charge in [0.1, 0.15) is 11.9 Å². The Morgan fingerprint density at radius 1 is 1.42 bits per heavy atom. The van der Waals surface area contributed by atoms with Gasteiger partial charge in [0.05, 0.1) is 11.3 Å². The van der Waals surface area contributed by atoms with Gasteiger partial charge in [-0.3, -0.25) is 9.98 Å². The van der Waals surface area contributed by atoms with E-state index in [2.05, 4.69) is 15.0 Å². The molecule has 0 bridgehead atoms. The average molecular weight is 373 g/mol. The Labute approximate surface area is 154 Å². The van der Waals surface area contributed by atoms with E-state index in [0.717, 1.165) is 0 Å². The number of pyridine rings is 2. The number of amidine groups is 1. The number of aromatic nitrogens is 2. The van der Waals surface area contributed by atoms with E-state index in [9.17, 15) is 8.78 Å². The molecule has 2 N–H and O–H groups in total. The molecule has 1 unspecified atom stereocenters. The van der Waals surface area contributed by atoms with Crippen molar-refractivity contribution in [3.05, 3.63) is 58.9 Å². The fraction of sp³-hybridized carbons (Fsp3) is 0.222. The van der Waals surface area contributed by atoms with Crippen molar-refractivity contribution in [3.8, 4) is 6.07 Å². The number of hydrogen-bond donors (Lipinski definition) is 1. The van der Waals surface area contributed by atoms with Crippen LogP contribution in [-0.4, -0.2) is 27.4 Å². The number of hydrogen-bond acceptors (Lipinski definition) is 5. The Balaban J connectivity index is 2.20. The van der Waals surface area contributed by atoms with Crippen LogP contribution in [0.5, 0.6) is 0 Å². The lowest BCUT2D eigenvalue weighted by atomic mass is 10.1. The fourth-order valence-electron chi connectivity index (χ4n) is 2.17. The predicted molar refractivity (Wildman–Crippen MR) is 100 cm³/mol. The van der Waals surface area contributed by atoms with Crippen molar-refractivity contribution in [2.24, 2.45) is 10.7 Å². The van der Waals surface area contributed by atoms with E-state index < -0.39 is 11.8 Å². The SMILES string of the molecule is C/N=C(/N)SC(C)Cc1cc(/C=C(\F)c2ccc(C#N)cn2)cnc1F. The van der Waals surface area contributed by atoms with Gasteiger partial charge in [-0.2, -0.15) is 9.65 Å². The Kier molecular flexibility index (Phi) is 6.81. The molecule has 134 valence electrons. The largest absolute Gasteiger partial charge is 0.379 e. The lowest BCUT2D eigenvalue weighted by Crippen LogP contribution is -2.14. The number of nitrogens with zero attached hydrogens (tertiary/aromatic N) is 4. The molecule has 0 saturated carbocycles. The van der Waals surface area contributed by atoms with Crippen molar-refractivity contribution < 1.29 is 8.78 Å². The van der Waals surface area contributed by atoms with Gasteiger partial charge in [-0.15, -0.1) is 0 Å². The summed E-state index contributed by atoms with van der Waals surface area (Å²) in [5.41, 5.74) is 6.87. The van der Waals surface area contributed by atoms with Gasteiger partial charge in [0.2, 0.25) is 5.95 Å². The third-order valence-corrected chi connectivity index (χ3v) is 4.41. The molecule has 2 rings (SSSR count). The standard InChI is InChI=1S/C18H17F2N5S/c1-11(26-18(22)23-2)5-14-6-13(10-25-17(14)20)7-15(19)16-4-3-12(8-21)9-24-16/h3-4,6-7,9-11H,5H2,1-2H3,(H2,22,23)/b15-7-. The number of aliphatic imine (C=N–C) groups is 1. The zero-order valence-electron chi connectivity index (χ0n) is 14.3. The summed E-state index contributed by atoms with van der Waals surface area (Å²) in [6.45, 7) is 1.89. The van der Waals surface area contributed by atoms with Gasteiger partial charge >= 0.3 is 0 Å². The zero-order chi connectivity index (χ0) is 19.1. The van der Waals surface area contributed by atoms with Gasteiger partial charge in [0.25, 0.3) is 0 Å². The van der Waals surface area contributed by atoms with Gasteiger partial charge in [-0.1, -0.05) is 18.7 Å². The van der Waals surface area contributed by atoms with Crippen LogP contribution in [0, 0.1) is 17.3 Å². The molecule has 2 aromatic rings. The number of thioether (sulfide) groups is 1. The maximum absolute atomic E-state index is 14.3. The van der Waals surface area contributed by atoms with Crippen LogP contribution >= 0.6 is 11.8 Å². The van der Waals surface area contributed by atoms with Crippen LogP contribution in [0.15, 0.2) is 35.6 Å². The van der Waals surface area contributed by atoms with Gasteiger partial charge < -0.3 is 5.73 Å². The Hall–Kier alpha value is -2.79. The summed E-state index contributed by atoms with van der Waals surface area (Å²) in [6, 6.07) is 6.35. The summed E-state index contributed by atoms with van der Waals surface area (Å²) in [5.74, 6) is -1.20. The Morgan fingerprint density at radius 2 is 2.19 bits per heavy atom. The minimum absolute atomic E-state index is 0.0146. The van der Waals surface area contributed by atoms with Crippen LogP contribution < -0.4 is 5.73 Å². The zero-order valence-corrected chi connectivity index (χ0v) is 15.1.